The average Bonchev–Trinajstić information content (AvgIpc) is 3.02. The number of anilines is 1. The Labute approximate surface area is 159 Å². The Kier molecular flexibility index (Phi) is 5.22. The van der Waals surface area contributed by atoms with Gasteiger partial charge in [0.15, 0.2) is 5.82 Å². The van der Waals surface area contributed by atoms with Gasteiger partial charge in [0.05, 0.1) is 36.5 Å². The van der Waals surface area contributed by atoms with Crippen molar-refractivity contribution in [2.75, 3.05) is 19.5 Å². The first kappa shape index (κ1) is 19.0. The van der Waals surface area contributed by atoms with Gasteiger partial charge in [0.1, 0.15) is 15.5 Å². The van der Waals surface area contributed by atoms with Crippen LogP contribution >= 0.6 is 11.3 Å². The number of aliphatic hydroxyl groups excluding tert-OH is 1. The average molecular weight is 388 g/mol. The van der Waals surface area contributed by atoms with Gasteiger partial charge in [-0.2, -0.15) is 0 Å². The van der Waals surface area contributed by atoms with E-state index in [1.165, 1.54) is 6.20 Å². The van der Waals surface area contributed by atoms with E-state index in [2.05, 4.69) is 15.0 Å². The highest BCUT2D eigenvalue weighted by molar-refractivity contribution is 7.21. The summed E-state index contributed by atoms with van der Waals surface area (Å²) in [5, 5.41) is 10.4. The number of thiophene rings is 1. The van der Waals surface area contributed by atoms with Crippen LogP contribution in [0.1, 0.15) is 27.5 Å². The van der Waals surface area contributed by atoms with Crippen molar-refractivity contribution < 1.29 is 14.6 Å². The number of aromatic nitrogens is 3. The molecule has 0 spiro atoms. The van der Waals surface area contributed by atoms with E-state index in [-0.39, 0.29) is 23.0 Å². The van der Waals surface area contributed by atoms with Gasteiger partial charge in [-0.3, -0.25) is 9.78 Å². The Morgan fingerprint density at radius 1 is 1.37 bits per heavy atom. The first-order valence-corrected chi connectivity index (χ1v) is 8.92. The molecule has 3 aromatic rings. The van der Waals surface area contributed by atoms with Gasteiger partial charge in [-0.1, -0.05) is 0 Å². The molecule has 0 aliphatic carbocycles. The number of primary amides is 1. The zero-order valence-electron chi connectivity index (χ0n) is 14.7. The third kappa shape index (κ3) is 3.68. The highest BCUT2D eigenvalue weighted by Gasteiger charge is 2.31. The SMILES string of the molecule is COc1cncc(CC[C@](N)(CO)c2ncc3c(N)c(C(N)=O)sc3n2)c1. The zero-order valence-corrected chi connectivity index (χ0v) is 15.5. The van der Waals surface area contributed by atoms with E-state index in [9.17, 15) is 9.90 Å². The number of ether oxygens (including phenoxy) is 1. The molecule has 0 fully saturated rings. The number of hydrogen-bond donors (Lipinski definition) is 4. The molecule has 0 aromatic carbocycles. The maximum Gasteiger partial charge on any atom is 0.260 e. The Morgan fingerprint density at radius 3 is 2.81 bits per heavy atom. The summed E-state index contributed by atoms with van der Waals surface area (Å²) in [5.41, 5.74) is 17.6. The van der Waals surface area contributed by atoms with Gasteiger partial charge < -0.3 is 27.0 Å². The van der Waals surface area contributed by atoms with E-state index in [0.717, 1.165) is 16.9 Å². The van der Waals surface area contributed by atoms with Crippen LogP contribution in [0.3, 0.4) is 0 Å². The standard InChI is InChI=1S/C17H20N6O3S/c1-26-10-4-9(5-21-6-10)2-3-17(20,8-24)16-22-7-11-12(18)13(14(19)25)27-15(11)23-16/h4-7,24H,2-3,8,18,20H2,1H3,(H2,19,25)/t17-/m0/s1. The third-order valence-electron chi connectivity index (χ3n) is 4.30. The molecule has 3 rings (SSSR count). The minimum Gasteiger partial charge on any atom is -0.495 e. The second-order valence-electron chi connectivity index (χ2n) is 6.17. The lowest BCUT2D eigenvalue weighted by atomic mass is 9.92. The van der Waals surface area contributed by atoms with Crippen LogP contribution in [0, 0.1) is 0 Å². The van der Waals surface area contributed by atoms with Crippen molar-refractivity contribution >= 4 is 33.1 Å². The minimum absolute atomic E-state index is 0.227. The van der Waals surface area contributed by atoms with Crippen LogP contribution in [-0.4, -0.2) is 39.7 Å². The van der Waals surface area contributed by atoms with Crippen molar-refractivity contribution in [3.05, 3.63) is 40.9 Å². The number of hydrogen-bond acceptors (Lipinski definition) is 9. The summed E-state index contributed by atoms with van der Waals surface area (Å²) in [6, 6.07) is 1.86. The van der Waals surface area contributed by atoms with Crippen LogP contribution in [0.15, 0.2) is 24.7 Å². The summed E-state index contributed by atoms with van der Waals surface area (Å²) in [5.74, 6) is 0.291. The van der Waals surface area contributed by atoms with Crippen molar-refractivity contribution in [3.63, 3.8) is 0 Å². The lowest BCUT2D eigenvalue weighted by Gasteiger charge is -2.25. The van der Waals surface area contributed by atoms with E-state index in [1.54, 1.807) is 19.5 Å². The molecule has 0 aliphatic rings. The molecule has 3 aromatic heterocycles. The predicted octanol–water partition coefficient (Wildman–Crippen LogP) is 0.555. The van der Waals surface area contributed by atoms with Crippen molar-refractivity contribution in [2.45, 2.75) is 18.4 Å². The number of amides is 1. The highest BCUT2D eigenvalue weighted by atomic mass is 32.1. The van der Waals surface area contributed by atoms with Gasteiger partial charge in [0.25, 0.3) is 5.91 Å². The lowest BCUT2D eigenvalue weighted by Crippen LogP contribution is -2.42. The molecular formula is C17H20N6O3S. The molecule has 0 unspecified atom stereocenters. The molecule has 142 valence electrons. The molecule has 7 N–H and O–H groups in total. The number of nitrogens with zero attached hydrogens (tertiary/aromatic N) is 3. The fraction of sp³-hybridized carbons (Fsp3) is 0.294. The molecule has 1 amide bonds. The molecule has 0 saturated carbocycles. The largest absolute Gasteiger partial charge is 0.495 e. The summed E-state index contributed by atoms with van der Waals surface area (Å²) in [6.07, 6.45) is 5.75. The monoisotopic (exact) mass is 388 g/mol. The number of nitrogens with two attached hydrogens (primary N) is 3. The molecule has 27 heavy (non-hydrogen) atoms. The quantitative estimate of drug-likeness (QED) is 0.456. The number of carbonyl (C=O) groups excluding carboxylic acids is 1. The van der Waals surface area contributed by atoms with Gasteiger partial charge in [-0.05, 0) is 24.5 Å². The third-order valence-corrected chi connectivity index (χ3v) is 5.43. The van der Waals surface area contributed by atoms with Gasteiger partial charge >= 0.3 is 0 Å². The summed E-state index contributed by atoms with van der Waals surface area (Å²) in [7, 11) is 1.57. The molecule has 3 heterocycles. The van der Waals surface area contributed by atoms with Gasteiger partial charge in [-0.15, -0.1) is 11.3 Å². The van der Waals surface area contributed by atoms with Crippen molar-refractivity contribution in [3.8, 4) is 5.75 Å². The summed E-state index contributed by atoms with van der Waals surface area (Å²) < 4.78 is 5.16. The molecule has 10 heteroatoms. The van der Waals surface area contributed by atoms with Crippen LogP contribution < -0.4 is 21.9 Å². The van der Waals surface area contributed by atoms with Crippen molar-refractivity contribution in [1.82, 2.24) is 15.0 Å². The highest BCUT2D eigenvalue weighted by Crippen LogP contribution is 2.33. The Morgan fingerprint density at radius 2 is 2.15 bits per heavy atom. The minimum atomic E-state index is -1.16. The Bertz CT molecular complexity index is 992. The number of methoxy groups -OCH3 is 1. The van der Waals surface area contributed by atoms with Gasteiger partial charge in [-0.25, -0.2) is 9.97 Å². The molecule has 0 aliphatic heterocycles. The molecule has 0 saturated heterocycles. The Hall–Kier alpha value is -2.82. The fourth-order valence-electron chi connectivity index (χ4n) is 2.67. The van der Waals surface area contributed by atoms with Gasteiger partial charge in [0.2, 0.25) is 0 Å². The number of aryl methyl sites for hydroxylation is 1. The molecule has 0 bridgehead atoms. The number of aliphatic hydroxyl groups is 1. The second-order valence-corrected chi connectivity index (χ2v) is 7.17. The number of carbonyl (C=O) groups is 1. The number of pyridine rings is 1. The Balaban J connectivity index is 1.89. The maximum absolute atomic E-state index is 11.5. The van der Waals surface area contributed by atoms with Crippen molar-refractivity contribution in [1.29, 1.82) is 0 Å². The van der Waals surface area contributed by atoms with E-state index in [0.29, 0.717) is 28.8 Å². The van der Waals surface area contributed by atoms with Crippen LogP contribution in [-0.2, 0) is 12.0 Å². The van der Waals surface area contributed by atoms with Gasteiger partial charge in [0, 0.05) is 12.4 Å². The molecular weight excluding hydrogens is 368 g/mol. The second kappa shape index (κ2) is 7.43. The van der Waals surface area contributed by atoms with Crippen molar-refractivity contribution in [2.24, 2.45) is 11.5 Å². The first-order chi connectivity index (χ1) is 12.9. The molecule has 0 radical (unpaired) electrons. The fourth-order valence-corrected chi connectivity index (χ4v) is 3.59. The van der Waals surface area contributed by atoms with Crippen LogP contribution in [0.4, 0.5) is 5.69 Å². The normalized spacial score (nSPS) is 13.4. The van der Waals surface area contributed by atoms with Crippen LogP contribution in [0.25, 0.3) is 10.2 Å². The zero-order chi connectivity index (χ0) is 19.6. The van der Waals surface area contributed by atoms with E-state index >= 15 is 0 Å². The van der Waals surface area contributed by atoms with Crippen LogP contribution in [0.2, 0.25) is 0 Å². The van der Waals surface area contributed by atoms with Crippen LogP contribution in [0.5, 0.6) is 5.75 Å². The number of fused-ring (bicyclic) bond motifs is 1. The summed E-state index contributed by atoms with van der Waals surface area (Å²) in [6.45, 7) is -0.348. The summed E-state index contributed by atoms with van der Waals surface area (Å²) in [4.78, 5) is 25.0. The predicted molar refractivity (Wildman–Crippen MR) is 102 cm³/mol. The first-order valence-electron chi connectivity index (χ1n) is 8.11. The van der Waals surface area contributed by atoms with E-state index < -0.39 is 11.4 Å². The topological polar surface area (TPSA) is 163 Å². The number of nitrogen functional groups attached to an aromatic ring is 1. The molecule has 9 nitrogen and oxygen atoms in total. The maximum atomic E-state index is 11.5. The lowest BCUT2D eigenvalue weighted by molar-refractivity contribution is 0.100. The smallest absolute Gasteiger partial charge is 0.260 e. The molecule has 1 atom stereocenters. The summed E-state index contributed by atoms with van der Waals surface area (Å²) >= 11 is 1.08. The van der Waals surface area contributed by atoms with E-state index in [4.69, 9.17) is 21.9 Å². The number of rotatable bonds is 7. The van der Waals surface area contributed by atoms with E-state index in [1.807, 2.05) is 6.07 Å².